The number of hydrogen-bond acceptors (Lipinski definition) is 5. The maximum absolute atomic E-state index is 12.3. The second-order valence-corrected chi connectivity index (χ2v) is 9.44. The van der Waals surface area contributed by atoms with Crippen LogP contribution in [0.2, 0.25) is 0 Å². The fourth-order valence-corrected chi connectivity index (χ4v) is 3.52. The molecule has 7 heteroatoms. The third-order valence-electron chi connectivity index (χ3n) is 5.49. The Kier molecular flexibility index (Phi) is 6.87. The molecule has 4 rings (SSSR count). The van der Waals surface area contributed by atoms with E-state index in [0.717, 1.165) is 5.56 Å². The molecule has 0 spiro atoms. The maximum atomic E-state index is 12.3. The number of hydrogen-bond donors (Lipinski definition) is 1. The lowest BCUT2D eigenvalue weighted by Crippen LogP contribution is -2.20. The summed E-state index contributed by atoms with van der Waals surface area (Å²) in [5.41, 5.74) is 3.90. The highest BCUT2D eigenvalue weighted by Gasteiger charge is 2.13. The van der Waals surface area contributed by atoms with Crippen molar-refractivity contribution in [1.29, 1.82) is 0 Å². The maximum Gasteiger partial charge on any atom is 0.262 e. The van der Waals surface area contributed by atoms with E-state index >= 15 is 0 Å². The third kappa shape index (κ3) is 6.26. The molecular weight excluding hydrogens is 442 g/mol. The molecule has 4 aromatic rings. The summed E-state index contributed by atoms with van der Waals surface area (Å²) in [6, 6.07) is 20.0. The Bertz CT molecular complexity index is 1390. The topological polar surface area (TPSA) is 81.9 Å². The summed E-state index contributed by atoms with van der Waals surface area (Å²) in [6.07, 6.45) is 1.71. The quantitative estimate of drug-likeness (QED) is 0.415. The van der Waals surface area contributed by atoms with E-state index in [1.54, 1.807) is 30.5 Å². The lowest BCUT2D eigenvalue weighted by atomic mass is 9.87. The Morgan fingerprint density at radius 3 is 2.29 bits per heavy atom. The van der Waals surface area contributed by atoms with Crippen molar-refractivity contribution in [1.82, 2.24) is 9.38 Å². The van der Waals surface area contributed by atoms with Gasteiger partial charge in [-0.15, -0.1) is 0 Å². The first kappa shape index (κ1) is 24.0. The van der Waals surface area contributed by atoms with Gasteiger partial charge in [0.05, 0.1) is 5.69 Å². The van der Waals surface area contributed by atoms with E-state index in [4.69, 9.17) is 9.47 Å². The predicted octanol–water partition coefficient (Wildman–Crippen LogP) is 4.90. The average Bonchev–Trinajstić information content (AvgIpc) is 2.82. The van der Waals surface area contributed by atoms with Crippen LogP contribution < -0.4 is 20.3 Å². The fraction of sp³-hybridized carbons (Fsp3) is 0.250. The van der Waals surface area contributed by atoms with Crippen molar-refractivity contribution in [2.75, 3.05) is 11.9 Å². The molecule has 2 aromatic carbocycles. The van der Waals surface area contributed by atoms with Crippen molar-refractivity contribution in [2.24, 2.45) is 0 Å². The minimum Gasteiger partial charge on any atom is -0.487 e. The van der Waals surface area contributed by atoms with Crippen molar-refractivity contribution in [3.05, 3.63) is 100 Å². The molecular formula is C28H29N3O4. The van der Waals surface area contributed by atoms with Gasteiger partial charge in [0.2, 0.25) is 0 Å². The first-order valence-corrected chi connectivity index (χ1v) is 11.4. The summed E-state index contributed by atoms with van der Waals surface area (Å²) in [5, 5.41) is 2.81. The van der Waals surface area contributed by atoms with Gasteiger partial charge in [-0.05, 0) is 72.0 Å². The molecule has 2 heterocycles. The second-order valence-electron chi connectivity index (χ2n) is 9.44. The largest absolute Gasteiger partial charge is 0.487 e. The smallest absolute Gasteiger partial charge is 0.262 e. The van der Waals surface area contributed by atoms with Crippen molar-refractivity contribution in [2.45, 2.75) is 39.7 Å². The normalized spacial score (nSPS) is 11.3. The van der Waals surface area contributed by atoms with Crippen LogP contribution in [-0.4, -0.2) is 21.9 Å². The van der Waals surface area contributed by atoms with E-state index in [2.05, 4.69) is 31.1 Å². The molecule has 0 atom stereocenters. The highest BCUT2D eigenvalue weighted by atomic mass is 16.5. The number of carbonyl (C=O) groups excluding carboxylic acids is 1. The zero-order chi connectivity index (χ0) is 25.0. The molecule has 0 fully saturated rings. The lowest BCUT2D eigenvalue weighted by molar-refractivity contribution is -0.118. The molecule has 0 bridgehead atoms. The van der Waals surface area contributed by atoms with Gasteiger partial charge >= 0.3 is 0 Å². The number of aryl methyl sites for hydroxylation is 1. The minimum atomic E-state index is -0.255. The molecule has 0 saturated heterocycles. The van der Waals surface area contributed by atoms with Crippen molar-refractivity contribution in [3.8, 4) is 11.5 Å². The number of ether oxygens (including phenoxy) is 2. The van der Waals surface area contributed by atoms with Crippen LogP contribution in [0.1, 0.15) is 37.6 Å². The van der Waals surface area contributed by atoms with E-state index < -0.39 is 0 Å². The molecule has 7 nitrogen and oxygen atoms in total. The first-order chi connectivity index (χ1) is 16.7. The van der Waals surface area contributed by atoms with E-state index in [0.29, 0.717) is 28.5 Å². The average molecular weight is 472 g/mol. The number of rotatable bonds is 7. The molecule has 0 aliphatic heterocycles. The van der Waals surface area contributed by atoms with Crippen LogP contribution >= 0.6 is 0 Å². The molecule has 1 amide bonds. The Morgan fingerprint density at radius 1 is 0.943 bits per heavy atom. The van der Waals surface area contributed by atoms with Crippen molar-refractivity contribution >= 4 is 17.2 Å². The molecule has 0 aliphatic rings. The molecule has 0 aliphatic carbocycles. The van der Waals surface area contributed by atoms with Gasteiger partial charge in [0.15, 0.2) is 6.61 Å². The Balaban J connectivity index is 1.29. The molecule has 0 saturated carbocycles. The van der Waals surface area contributed by atoms with Gasteiger partial charge in [0.25, 0.3) is 11.5 Å². The highest BCUT2D eigenvalue weighted by molar-refractivity contribution is 5.91. The fourth-order valence-electron chi connectivity index (χ4n) is 3.52. The first-order valence-electron chi connectivity index (χ1n) is 11.4. The van der Waals surface area contributed by atoms with Crippen LogP contribution in [0.25, 0.3) is 5.65 Å². The Morgan fingerprint density at radius 2 is 1.60 bits per heavy atom. The van der Waals surface area contributed by atoms with Crippen LogP contribution in [0.15, 0.2) is 77.7 Å². The van der Waals surface area contributed by atoms with E-state index in [-0.39, 0.29) is 30.1 Å². The molecule has 1 N–H and O–H groups in total. The molecule has 35 heavy (non-hydrogen) atoms. The highest BCUT2D eigenvalue weighted by Crippen LogP contribution is 2.24. The predicted molar refractivity (Wildman–Crippen MR) is 136 cm³/mol. The molecule has 2 aromatic heterocycles. The summed E-state index contributed by atoms with van der Waals surface area (Å²) in [4.78, 5) is 29.0. The van der Waals surface area contributed by atoms with Crippen LogP contribution in [-0.2, 0) is 16.8 Å². The number of aromatic nitrogens is 2. The van der Waals surface area contributed by atoms with Crippen LogP contribution in [0.3, 0.4) is 0 Å². The van der Waals surface area contributed by atoms with Gasteiger partial charge in [0.1, 0.15) is 23.8 Å². The number of pyridine rings is 1. The van der Waals surface area contributed by atoms with E-state index in [1.807, 2.05) is 43.3 Å². The summed E-state index contributed by atoms with van der Waals surface area (Å²) in [6.45, 7) is 8.47. The number of nitrogens with zero attached hydrogens (tertiary/aromatic N) is 2. The van der Waals surface area contributed by atoms with Gasteiger partial charge in [-0.25, -0.2) is 4.98 Å². The molecule has 180 valence electrons. The number of anilines is 1. The second kappa shape index (κ2) is 10.0. The zero-order valence-corrected chi connectivity index (χ0v) is 20.4. The number of carbonyl (C=O) groups is 1. The van der Waals surface area contributed by atoms with Crippen LogP contribution in [0.5, 0.6) is 11.5 Å². The summed E-state index contributed by atoms with van der Waals surface area (Å²) >= 11 is 0. The van der Waals surface area contributed by atoms with E-state index in [1.165, 1.54) is 16.0 Å². The van der Waals surface area contributed by atoms with Crippen LogP contribution in [0, 0.1) is 6.92 Å². The monoisotopic (exact) mass is 471 g/mol. The van der Waals surface area contributed by atoms with Gasteiger partial charge in [-0.1, -0.05) is 32.9 Å². The van der Waals surface area contributed by atoms with Crippen LogP contribution in [0.4, 0.5) is 5.69 Å². The summed E-state index contributed by atoms with van der Waals surface area (Å²) < 4.78 is 12.9. The lowest BCUT2D eigenvalue weighted by Gasteiger charge is -2.19. The van der Waals surface area contributed by atoms with Gasteiger partial charge < -0.3 is 14.8 Å². The summed E-state index contributed by atoms with van der Waals surface area (Å²) in [5.74, 6) is 0.994. The van der Waals surface area contributed by atoms with Gasteiger partial charge in [-0.2, -0.15) is 0 Å². The van der Waals surface area contributed by atoms with E-state index in [9.17, 15) is 9.59 Å². The van der Waals surface area contributed by atoms with Crippen molar-refractivity contribution in [3.63, 3.8) is 0 Å². The summed E-state index contributed by atoms with van der Waals surface area (Å²) in [7, 11) is 0. The zero-order valence-electron chi connectivity index (χ0n) is 20.4. The van der Waals surface area contributed by atoms with Crippen molar-refractivity contribution < 1.29 is 14.3 Å². The van der Waals surface area contributed by atoms with Gasteiger partial charge in [-0.3, -0.25) is 14.0 Å². The number of amides is 1. The standard InChI is InChI=1S/C28H29N3O4/c1-19-13-14-31-25(15-19)29-22(16-27(31)33)17-34-24-11-7-21(8-12-24)30-26(32)18-35-23-9-5-20(6-10-23)28(2,3)4/h5-16H,17-18H2,1-4H3,(H,30,32). The number of nitrogens with one attached hydrogen (secondary N) is 1. The molecule has 0 unspecified atom stereocenters. The number of fused-ring (bicyclic) bond motifs is 1. The molecule has 0 radical (unpaired) electrons. The van der Waals surface area contributed by atoms with Gasteiger partial charge in [0, 0.05) is 18.0 Å². The SMILES string of the molecule is Cc1ccn2c(=O)cc(COc3ccc(NC(=O)COc4ccc(C(C)(C)C)cc4)cc3)nc2c1. The Hall–Kier alpha value is -4.13. The third-order valence-corrected chi connectivity index (χ3v) is 5.49. The minimum absolute atomic E-state index is 0.0644. The Labute approximate surface area is 204 Å². The number of benzene rings is 2.